The second kappa shape index (κ2) is 3.19. The Hall–Kier alpha value is -0.610. The molecule has 4 nitrogen and oxygen atoms in total. The molecular weight excluding hydrogens is 146 g/mol. The molecule has 1 saturated heterocycles. The van der Waals surface area contributed by atoms with Gasteiger partial charge in [0.15, 0.2) is 0 Å². The molecule has 11 heavy (non-hydrogen) atoms. The fourth-order valence-electron chi connectivity index (χ4n) is 1.33. The zero-order chi connectivity index (χ0) is 8.43. The van der Waals surface area contributed by atoms with E-state index in [2.05, 4.69) is 0 Å². The lowest BCUT2D eigenvalue weighted by atomic mass is 10.1. The van der Waals surface area contributed by atoms with E-state index in [0.29, 0.717) is 19.5 Å². The second-order valence-electron chi connectivity index (χ2n) is 2.87. The van der Waals surface area contributed by atoms with Gasteiger partial charge in [0, 0.05) is 13.1 Å². The van der Waals surface area contributed by atoms with E-state index in [9.17, 15) is 4.79 Å². The van der Waals surface area contributed by atoms with Crippen LogP contribution in [-0.2, 0) is 4.79 Å². The summed E-state index contributed by atoms with van der Waals surface area (Å²) in [5.41, 5.74) is 0. The number of aliphatic hydroxyl groups is 1. The zero-order valence-corrected chi connectivity index (χ0v) is 6.53. The van der Waals surface area contributed by atoms with Crippen LogP contribution in [0.2, 0.25) is 0 Å². The maximum Gasteiger partial charge on any atom is 0.320 e. The molecule has 0 unspecified atom stereocenters. The van der Waals surface area contributed by atoms with Crippen LogP contribution in [0.3, 0.4) is 0 Å². The van der Waals surface area contributed by atoms with Crippen molar-refractivity contribution in [3.63, 3.8) is 0 Å². The Bertz CT molecular complexity index is 154. The fourth-order valence-corrected chi connectivity index (χ4v) is 1.33. The van der Waals surface area contributed by atoms with Gasteiger partial charge in [0.05, 0.1) is 6.10 Å². The smallest absolute Gasteiger partial charge is 0.320 e. The van der Waals surface area contributed by atoms with E-state index in [1.54, 1.807) is 4.90 Å². The van der Waals surface area contributed by atoms with Crippen LogP contribution in [0.25, 0.3) is 0 Å². The van der Waals surface area contributed by atoms with Gasteiger partial charge in [-0.2, -0.15) is 0 Å². The molecule has 0 radical (unpaired) electrons. The van der Waals surface area contributed by atoms with Crippen molar-refractivity contribution in [2.24, 2.45) is 0 Å². The molecule has 0 aromatic carbocycles. The molecule has 1 fully saturated rings. The van der Waals surface area contributed by atoms with Gasteiger partial charge in [-0.3, -0.25) is 9.69 Å². The Morgan fingerprint density at radius 2 is 2.27 bits per heavy atom. The van der Waals surface area contributed by atoms with Gasteiger partial charge in [0.25, 0.3) is 0 Å². The number of nitrogens with zero attached hydrogens (tertiary/aromatic N) is 1. The summed E-state index contributed by atoms with van der Waals surface area (Å²) < 4.78 is 0. The predicted octanol–water partition coefficient (Wildman–Crippen LogP) is -0.474. The molecule has 0 aliphatic carbocycles. The molecule has 4 heteroatoms. The minimum Gasteiger partial charge on any atom is -0.480 e. The lowest BCUT2D eigenvalue weighted by molar-refractivity contribution is -0.148. The molecule has 1 aliphatic rings. The van der Waals surface area contributed by atoms with Crippen molar-refractivity contribution in [3.05, 3.63) is 0 Å². The number of rotatable bonds is 3. The summed E-state index contributed by atoms with van der Waals surface area (Å²) in [6.45, 7) is 2.85. The third-order valence-electron chi connectivity index (χ3n) is 2.00. The van der Waals surface area contributed by atoms with Gasteiger partial charge in [-0.15, -0.1) is 0 Å². The van der Waals surface area contributed by atoms with E-state index in [0.717, 1.165) is 0 Å². The van der Waals surface area contributed by atoms with Crippen molar-refractivity contribution in [1.29, 1.82) is 0 Å². The zero-order valence-electron chi connectivity index (χ0n) is 6.53. The van der Waals surface area contributed by atoms with Gasteiger partial charge in [-0.05, 0) is 6.42 Å². The van der Waals surface area contributed by atoms with Crippen LogP contribution in [0.4, 0.5) is 0 Å². The van der Waals surface area contributed by atoms with Crippen LogP contribution in [0, 0.1) is 0 Å². The first-order valence-corrected chi connectivity index (χ1v) is 3.80. The number of carboxylic acid groups (broad SMARTS) is 1. The number of carbonyl (C=O) groups is 1. The van der Waals surface area contributed by atoms with Gasteiger partial charge in [-0.1, -0.05) is 6.92 Å². The van der Waals surface area contributed by atoms with Crippen LogP contribution in [0.15, 0.2) is 0 Å². The fraction of sp³-hybridized carbons (Fsp3) is 0.857. The first-order chi connectivity index (χ1) is 5.15. The Morgan fingerprint density at radius 3 is 2.55 bits per heavy atom. The van der Waals surface area contributed by atoms with Gasteiger partial charge < -0.3 is 10.2 Å². The van der Waals surface area contributed by atoms with Crippen LogP contribution < -0.4 is 0 Å². The van der Waals surface area contributed by atoms with E-state index in [-0.39, 0.29) is 6.10 Å². The quantitative estimate of drug-likeness (QED) is 0.584. The van der Waals surface area contributed by atoms with Crippen molar-refractivity contribution < 1.29 is 15.0 Å². The van der Waals surface area contributed by atoms with Crippen molar-refractivity contribution in [2.75, 3.05) is 13.1 Å². The van der Waals surface area contributed by atoms with Crippen LogP contribution >= 0.6 is 0 Å². The number of carboxylic acids is 1. The molecule has 1 heterocycles. The largest absolute Gasteiger partial charge is 0.480 e. The third-order valence-corrected chi connectivity index (χ3v) is 2.00. The molecule has 0 spiro atoms. The second-order valence-corrected chi connectivity index (χ2v) is 2.87. The molecule has 0 aromatic heterocycles. The van der Waals surface area contributed by atoms with E-state index < -0.39 is 12.0 Å². The maximum absolute atomic E-state index is 10.5. The van der Waals surface area contributed by atoms with Crippen LogP contribution in [-0.4, -0.2) is 46.3 Å². The van der Waals surface area contributed by atoms with Gasteiger partial charge in [0.1, 0.15) is 6.04 Å². The highest BCUT2D eigenvalue weighted by molar-refractivity contribution is 5.73. The summed E-state index contributed by atoms with van der Waals surface area (Å²) in [4.78, 5) is 12.3. The molecule has 64 valence electrons. The molecule has 0 aromatic rings. The van der Waals surface area contributed by atoms with Crippen molar-refractivity contribution in [1.82, 2.24) is 4.90 Å². The van der Waals surface area contributed by atoms with E-state index in [1.165, 1.54) is 0 Å². The van der Waals surface area contributed by atoms with Crippen molar-refractivity contribution in [2.45, 2.75) is 25.5 Å². The Morgan fingerprint density at radius 1 is 1.73 bits per heavy atom. The number of hydrogen-bond donors (Lipinski definition) is 2. The summed E-state index contributed by atoms with van der Waals surface area (Å²) >= 11 is 0. The van der Waals surface area contributed by atoms with Gasteiger partial charge in [0.2, 0.25) is 0 Å². The standard InChI is InChI=1S/C7H13NO3/c1-2-6(7(10)11)8-3-5(9)4-8/h5-6,9H,2-4H2,1H3,(H,10,11)/t6-/m0/s1. The van der Waals surface area contributed by atoms with Crippen molar-refractivity contribution >= 4 is 5.97 Å². The van der Waals surface area contributed by atoms with Crippen LogP contribution in [0.5, 0.6) is 0 Å². The monoisotopic (exact) mass is 159 g/mol. The van der Waals surface area contributed by atoms with Gasteiger partial charge >= 0.3 is 5.97 Å². The summed E-state index contributed by atoms with van der Waals surface area (Å²) in [5.74, 6) is -0.792. The van der Waals surface area contributed by atoms with Crippen molar-refractivity contribution in [3.8, 4) is 0 Å². The minimum atomic E-state index is -0.792. The highest BCUT2D eigenvalue weighted by atomic mass is 16.4. The number of likely N-dealkylation sites (tertiary alicyclic amines) is 1. The summed E-state index contributed by atoms with van der Waals surface area (Å²) in [7, 11) is 0. The van der Waals surface area contributed by atoms with Crippen LogP contribution in [0.1, 0.15) is 13.3 Å². The minimum absolute atomic E-state index is 0.316. The summed E-state index contributed by atoms with van der Waals surface area (Å²) in [6.07, 6.45) is 0.283. The predicted molar refractivity (Wildman–Crippen MR) is 39.3 cm³/mol. The average molecular weight is 159 g/mol. The topological polar surface area (TPSA) is 60.8 Å². The number of aliphatic carboxylic acids is 1. The first-order valence-electron chi connectivity index (χ1n) is 3.80. The Kier molecular flexibility index (Phi) is 2.46. The Balaban J connectivity index is 2.38. The highest BCUT2D eigenvalue weighted by Crippen LogP contribution is 2.14. The summed E-state index contributed by atoms with van der Waals surface area (Å²) in [6, 6.07) is -0.404. The molecule has 2 N–H and O–H groups in total. The molecule has 0 saturated carbocycles. The third kappa shape index (κ3) is 1.70. The molecule has 1 aliphatic heterocycles. The van der Waals surface area contributed by atoms with E-state index >= 15 is 0 Å². The van der Waals surface area contributed by atoms with Gasteiger partial charge in [-0.25, -0.2) is 0 Å². The summed E-state index contributed by atoms with van der Waals surface area (Å²) in [5, 5.41) is 17.6. The average Bonchev–Trinajstić information content (AvgIpc) is 1.85. The maximum atomic E-state index is 10.5. The lowest BCUT2D eigenvalue weighted by Gasteiger charge is -2.39. The molecular formula is C7H13NO3. The molecule has 1 atom stereocenters. The SMILES string of the molecule is CC[C@@H](C(=O)O)N1CC(O)C1. The highest BCUT2D eigenvalue weighted by Gasteiger charge is 2.33. The molecule has 0 amide bonds. The lowest BCUT2D eigenvalue weighted by Crippen LogP contribution is -2.57. The number of β-amino-alcohol motifs (C(OH)–C–C–N with tert-alkyl or cyclic N) is 1. The molecule has 1 rings (SSSR count). The number of hydrogen-bond acceptors (Lipinski definition) is 3. The normalized spacial score (nSPS) is 22.7. The van der Waals surface area contributed by atoms with E-state index in [4.69, 9.17) is 10.2 Å². The Labute approximate surface area is 65.4 Å². The number of aliphatic hydroxyl groups excluding tert-OH is 1. The molecule has 0 bridgehead atoms. The first kappa shape index (κ1) is 8.49. The van der Waals surface area contributed by atoms with E-state index in [1.807, 2.05) is 6.92 Å².